The number of piperidine rings is 1. The van der Waals surface area contributed by atoms with Crippen LogP contribution in [0.25, 0.3) is 0 Å². The molecule has 2 rings (SSSR count). The van der Waals surface area contributed by atoms with Crippen LogP contribution in [0.15, 0.2) is 4.99 Å². The number of nitrogens with zero attached hydrogens (tertiary/aromatic N) is 3. The molecule has 6 nitrogen and oxygen atoms in total. The molecule has 1 N–H and O–H groups in total. The Hall–Kier alpha value is -0.120. The fourth-order valence-corrected chi connectivity index (χ4v) is 3.85. The largest absolute Gasteiger partial charge is 0.385 e. The zero-order chi connectivity index (χ0) is 17.9. The van der Waals surface area contributed by atoms with Crippen molar-refractivity contribution in [3.05, 3.63) is 0 Å². The third-order valence-electron chi connectivity index (χ3n) is 5.26. The van der Waals surface area contributed by atoms with Gasteiger partial charge in [0.05, 0.1) is 6.10 Å². The van der Waals surface area contributed by atoms with Crippen molar-refractivity contribution in [3.63, 3.8) is 0 Å². The first-order valence-corrected chi connectivity index (χ1v) is 10.0. The Balaban J connectivity index is 0.00000338. The Morgan fingerprint density at radius 2 is 1.92 bits per heavy atom. The van der Waals surface area contributed by atoms with Crippen LogP contribution in [0.5, 0.6) is 0 Å². The number of ether oxygens (including phenoxy) is 2. The summed E-state index contributed by atoms with van der Waals surface area (Å²) >= 11 is 0. The van der Waals surface area contributed by atoms with Gasteiger partial charge in [0.2, 0.25) is 0 Å². The van der Waals surface area contributed by atoms with Crippen molar-refractivity contribution >= 4 is 29.9 Å². The molecule has 0 aromatic carbocycles. The number of hydrogen-bond acceptors (Lipinski definition) is 4. The molecule has 154 valence electrons. The van der Waals surface area contributed by atoms with Crippen LogP contribution >= 0.6 is 24.0 Å². The molecule has 0 bridgehead atoms. The minimum absolute atomic E-state index is 0. The van der Waals surface area contributed by atoms with Gasteiger partial charge in [-0.1, -0.05) is 6.92 Å². The van der Waals surface area contributed by atoms with Crippen molar-refractivity contribution in [2.75, 3.05) is 66.6 Å². The van der Waals surface area contributed by atoms with E-state index in [-0.39, 0.29) is 24.0 Å². The predicted octanol–water partition coefficient (Wildman–Crippen LogP) is 2.43. The van der Waals surface area contributed by atoms with Crippen LogP contribution in [0.2, 0.25) is 0 Å². The van der Waals surface area contributed by atoms with Crippen LogP contribution in [0, 0.1) is 5.92 Å². The van der Waals surface area contributed by atoms with Gasteiger partial charge >= 0.3 is 0 Å². The average Bonchev–Trinajstić information content (AvgIpc) is 3.08. The summed E-state index contributed by atoms with van der Waals surface area (Å²) in [5.41, 5.74) is 0. The highest BCUT2D eigenvalue weighted by atomic mass is 127. The second kappa shape index (κ2) is 14.0. The number of halogens is 1. The van der Waals surface area contributed by atoms with E-state index in [0.717, 1.165) is 64.0 Å². The minimum Gasteiger partial charge on any atom is -0.385 e. The van der Waals surface area contributed by atoms with Gasteiger partial charge in [0, 0.05) is 53.6 Å². The van der Waals surface area contributed by atoms with Crippen LogP contribution in [-0.2, 0) is 9.47 Å². The standard InChI is InChI=1S/C19H38N4O2.HI/c1-4-9-22-10-6-17(16-22)15-21-19(20-2)23-11-7-18(8-12-23)25-14-5-13-24-3;/h17-18H,4-16H2,1-3H3,(H,20,21);1H. The monoisotopic (exact) mass is 482 g/mol. The van der Waals surface area contributed by atoms with Crippen molar-refractivity contribution in [2.24, 2.45) is 10.9 Å². The summed E-state index contributed by atoms with van der Waals surface area (Å²) in [6.45, 7) is 10.7. The zero-order valence-electron chi connectivity index (χ0n) is 16.9. The molecule has 0 saturated carbocycles. The van der Waals surface area contributed by atoms with E-state index in [9.17, 15) is 0 Å². The molecule has 1 unspecified atom stereocenters. The lowest BCUT2D eigenvalue weighted by atomic mass is 10.1. The van der Waals surface area contributed by atoms with E-state index in [4.69, 9.17) is 9.47 Å². The molecular formula is C19H39IN4O2. The number of aliphatic imine (C=N–C) groups is 1. The summed E-state index contributed by atoms with van der Waals surface area (Å²) in [4.78, 5) is 9.47. The maximum atomic E-state index is 5.95. The molecule has 0 radical (unpaired) electrons. The number of guanidine groups is 1. The van der Waals surface area contributed by atoms with E-state index in [1.54, 1.807) is 7.11 Å². The molecule has 2 aliphatic heterocycles. The number of rotatable bonds is 9. The Bertz CT molecular complexity index is 390. The van der Waals surface area contributed by atoms with E-state index in [1.807, 2.05) is 7.05 Å². The molecule has 0 aromatic heterocycles. The maximum absolute atomic E-state index is 5.95. The third-order valence-corrected chi connectivity index (χ3v) is 5.26. The molecule has 0 spiro atoms. The Kier molecular flexibility index (Phi) is 12.8. The molecule has 0 aliphatic carbocycles. The van der Waals surface area contributed by atoms with Crippen molar-refractivity contribution < 1.29 is 9.47 Å². The highest BCUT2D eigenvalue weighted by Gasteiger charge is 2.24. The summed E-state index contributed by atoms with van der Waals surface area (Å²) in [5, 5.41) is 3.61. The van der Waals surface area contributed by atoms with Gasteiger partial charge in [0.1, 0.15) is 0 Å². The van der Waals surface area contributed by atoms with Crippen molar-refractivity contribution in [1.29, 1.82) is 0 Å². The van der Waals surface area contributed by atoms with E-state index >= 15 is 0 Å². The first-order chi connectivity index (χ1) is 12.3. The predicted molar refractivity (Wildman–Crippen MR) is 119 cm³/mol. The Morgan fingerprint density at radius 1 is 1.15 bits per heavy atom. The number of nitrogens with one attached hydrogen (secondary N) is 1. The first kappa shape index (κ1) is 23.9. The molecule has 0 aromatic rings. The zero-order valence-corrected chi connectivity index (χ0v) is 19.2. The molecule has 2 heterocycles. The Morgan fingerprint density at radius 3 is 2.58 bits per heavy atom. The van der Waals surface area contributed by atoms with E-state index in [0.29, 0.717) is 6.10 Å². The van der Waals surface area contributed by atoms with E-state index in [1.165, 1.54) is 32.5 Å². The van der Waals surface area contributed by atoms with Crippen LogP contribution in [0.3, 0.4) is 0 Å². The van der Waals surface area contributed by atoms with Gasteiger partial charge in [-0.15, -0.1) is 24.0 Å². The van der Waals surface area contributed by atoms with Gasteiger partial charge in [-0.25, -0.2) is 0 Å². The summed E-state index contributed by atoms with van der Waals surface area (Å²) < 4.78 is 11.0. The van der Waals surface area contributed by atoms with Crippen LogP contribution in [-0.4, -0.2) is 88.5 Å². The van der Waals surface area contributed by atoms with Gasteiger partial charge in [-0.3, -0.25) is 4.99 Å². The molecule has 2 aliphatic rings. The van der Waals surface area contributed by atoms with Crippen LogP contribution in [0.4, 0.5) is 0 Å². The SMILES string of the molecule is CCCN1CCC(CNC(=NC)N2CCC(OCCCOC)CC2)C1.I. The molecule has 0 amide bonds. The lowest BCUT2D eigenvalue weighted by Crippen LogP contribution is -2.48. The molecular weight excluding hydrogens is 443 g/mol. The van der Waals surface area contributed by atoms with Gasteiger partial charge in [-0.05, 0) is 51.1 Å². The second-order valence-corrected chi connectivity index (χ2v) is 7.29. The first-order valence-electron chi connectivity index (χ1n) is 10.0. The van der Waals surface area contributed by atoms with Crippen LogP contribution < -0.4 is 5.32 Å². The third kappa shape index (κ3) is 8.27. The van der Waals surface area contributed by atoms with Crippen LogP contribution in [0.1, 0.15) is 39.0 Å². The topological polar surface area (TPSA) is 49.3 Å². The lowest BCUT2D eigenvalue weighted by Gasteiger charge is -2.34. The molecule has 26 heavy (non-hydrogen) atoms. The molecule has 1 atom stereocenters. The van der Waals surface area contributed by atoms with Crippen molar-refractivity contribution in [1.82, 2.24) is 15.1 Å². The highest BCUT2D eigenvalue weighted by Crippen LogP contribution is 2.17. The molecule has 2 saturated heterocycles. The second-order valence-electron chi connectivity index (χ2n) is 7.29. The fraction of sp³-hybridized carbons (Fsp3) is 0.947. The number of likely N-dealkylation sites (tertiary alicyclic amines) is 2. The quantitative estimate of drug-likeness (QED) is 0.237. The number of methoxy groups -OCH3 is 1. The van der Waals surface area contributed by atoms with Gasteiger partial charge in [-0.2, -0.15) is 0 Å². The van der Waals surface area contributed by atoms with Crippen molar-refractivity contribution in [2.45, 2.75) is 45.1 Å². The average molecular weight is 482 g/mol. The Labute approximate surface area is 177 Å². The molecule has 7 heteroatoms. The summed E-state index contributed by atoms with van der Waals surface area (Å²) in [6.07, 6.45) is 6.11. The van der Waals surface area contributed by atoms with Gasteiger partial charge < -0.3 is 24.6 Å². The van der Waals surface area contributed by atoms with Crippen molar-refractivity contribution in [3.8, 4) is 0 Å². The normalized spacial score (nSPS) is 22.5. The lowest BCUT2D eigenvalue weighted by molar-refractivity contribution is 0.00988. The summed E-state index contributed by atoms with van der Waals surface area (Å²) in [5.74, 6) is 1.82. The minimum atomic E-state index is 0. The highest BCUT2D eigenvalue weighted by molar-refractivity contribution is 14.0. The summed E-state index contributed by atoms with van der Waals surface area (Å²) in [7, 11) is 3.64. The van der Waals surface area contributed by atoms with Gasteiger partial charge in [0.15, 0.2) is 5.96 Å². The smallest absolute Gasteiger partial charge is 0.193 e. The summed E-state index contributed by atoms with van der Waals surface area (Å²) in [6, 6.07) is 0. The van der Waals surface area contributed by atoms with Gasteiger partial charge in [0.25, 0.3) is 0 Å². The fourth-order valence-electron chi connectivity index (χ4n) is 3.85. The van der Waals surface area contributed by atoms with E-state index in [2.05, 4.69) is 27.0 Å². The maximum Gasteiger partial charge on any atom is 0.193 e. The molecule has 2 fully saturated rings. The number of hydrogen-bond donors (Lipinski definition) is 1. The van der Waals surface area contributed by atoms with E-state index < -0.39 is 0 Å².